The lowest BCUT2D eigenvalue weighted by Crippen LogP contribution is -2.28. The summed E-state index contributed by atoms with van der Waals surface area (Å²) in [5, 5.41) is 3.04. The molecule has 0 aliphatic heterocycles. The highest BCUT2D eigenvalue weighted by molar-refractivity contribution is 4.89. The molecule has 0 aromatic rings. The standard InChI is InChI=1S/C9H20N2/c1-8(2)11(5)7-6-9(3)10-4/h8,10H,3,6-7H2,1-2,4-5H3. The van der Waals surface area contributed by atoms with Gasteiger partial charge in [-0.2, -0.15) is 0 Å². The molecule has 66 valence electrons. The Hall–Kier alpha value is -0.500. The molecule has 0 unspecified atom stereocenters. The largest absolute Gasteiger partial charge is 0.392 e. The summed E-state index contributed by atoms with van der Waals surface area (Å²) in [6.45, 7) is 9.34. The van der Waals surface area contributed by atoms with Gasteiger partial charge in [-0.25, -0.2) is 0 Å². The van der Waals surface area contributed by atoms with E-state index in [1.54, 1.807) is 0 Å². The van der Waals surface area contributed by atoms with Crippen LogP contribution in [0.15, 0.2) is 12.3 Å². The first-order chi connectivity index (χ1) is 5.07. The third kappa shape index (κ3) is 4.85. The Kier molecular flexibility index (Phi) is 4.95. The number of hydrogen-bond donors (Lipinski definition) is 1. The lowest BCUT2D eigenvalue weighted by Gasteiger charge is -2.21. The fourth-order valence-corrected chi connectivity index (χ4v) is 0.695. The predicted molar refractivity (Wildman–Crippen MR) is 50.6 cm³/mol. The van der Waals surface area contributed by atoms with Gasteiger partial charge in [0.1, 0.15) is 0 Å². The first kappa shape index (κ1) is 10.5. The van der Waals surface area contributed by atoms with E-state index >= 15 is 0 Å². The predicted octanol–water partition coefficient (Wildman–Crippen LogP) is 1.45. The Balaban J connectivity index is 3.45. The molecule has 0 saturated heterocycles. The highest BCUT2D eigenvalue weighted by Crippen LogP contribution is 1.98. The zero-order valence-corrected chi connectivity index (χ0v) is 8.15. The molecule has 0 aromatic carbocycles. The van der Waals surface area contributed by atoms with Gasteiger partial charge in [-0.1, -0.05) is 6.58 Å². The van der Waals surface area contributed by atoms with E-state index in [1.165, 1.54) is 0 Å². The molecule has 0 radical (unpaired) electrons. The van der Waals surface area contributed by atoms with Crippen LogP contribution in [-0.4, -0.2) is 31.6 Å². The number of rotatable bonds is 5. The van der Waals surface area contributed by atoms with Crippen LogP contribution in [0, 0.1) is 0 Å². The third-order valence-corrected chi connectivity index (χ3v) is 2.00. The van der Waals surface area contributed by atoms with Crippen molar-refractivity contribution in [2.75, 3.05) is 20.6 Å². The van der Waals surface area contributed by atoms with Gasteiger partial charge in [-0.15, -0.1) is 0 Å². The molecule has 11 heavy (non-hydrogen) atoms. The molecule has 0 bridgehead atoms. The fourth-order valence-electron chi connectivity index (χ4n) is 0.695. The Labute approximate surface area is 70.3 Å². The minimum atomic E-state index is 0.625. The van der Waals surface area contributed by atoms with Gasteiger partial charge in [0.05, 0.1) is 0 Å². The van der Waals surface area contributed by atoms with E-state index < -0.39 is 0 Å². The van der Waals surface area contributed by atoms with Crippen molar-refractivity contribution in [2.24, 2.45) is 0 Å². The second-order valence-electron chi connectivity index (χ2n) is 3.18. The molecule has 2 heteroatoms. The lowest BCUT2D eigenvalue weighted by molar-refractivity contribution is 0.276. The van der Waals surface area contributed by atoms with E-state index in [0.717, 1.165) is 18.7 Å². The Morgan fingerprint density at radius 1 is 1.55 bits per heavy atom. The van der Waals surface area contributed by atoms with Crippen molar-refractivity contribution in [1.29, 1.82) is 0 Å². The Morgan fingerprint density at radius 3 is 2.45 bits per heavy atom. The van der Waals surface area contributed by atoms with Crippen LogP contribution in [0.1, 0.15) is 20.3 Å². The Bertz CT molecular complexity index is 119. The van der Waals surface area contributed by atoms with E-state index in [9.17, 15) is 0 Å². The van der Waals surface area contributed by atoms with Gasteiger partial charge in [0.15, 0.2) is 0 Å². The summed E-state index contributed by atoms with van der Waals surface area (Å²) >= 11 is 0. The number of hydrogen-bond acceptors (Lipinski definition) is 2. The lowest BCUT2D eigenvalue weighted by atomic mass is 10.3. The van der Waals surface area contributed by atoms with Gasteiger partial charge in [-0.3, -0.25) is 0 Å². The van der Waals surface area contributed by atoms with Crippen LogP contribution in [-0.2, 0) is 0 Å². The number of nitrogens with zero attached hydrogens (tertiary/aromatic N) is 1. The van der Waals surface area contributed by atoms with Crippen LogP contribution in [0.3, 0.4) is 0 Å². The average Bonchev–Trinajstić information content (AvgIpc) is 1.99. The van der Waals surface area contributed by atoms with Gasteiger partial charge >= 0.3 is 0 Å². The van der Waals surface area contributed by atoms with Gasteiger partial charge in [0.2, 0.25) is 0 Å². The maximum absolute atomic E-state index is 3.87. The molecule has 1 N–H and O–H groups in total. The smallest absolute Gasteiger partial charge is 0.00438 e. The van der Waals surface area contributed by atoms with Crippen molar-refractivity contribution in [1.82, 2.24) is 10.2 Å². The molecule has 0 rings (SSSR count). The molecule has 0 heterocycles. The summed E-state index contributed by atoms with van der Waals surface area (Å²) in [5.74, 6) is 0. The second kappa shape index (κ2) is 5.19. The fraction of sp³-hybridized carbons (Fsp3) is 0.778. The number of nitrogens with one attached hydrogen (secondary N) is 1. The molecule has 0 aliphatic carbocycles. The van der Waals surface area contributed by atoms with E-state index in [4.69, 9.17) is 0 Å². The molecule has 0 amide bonds. The van der Waals surface area contributed by atoms with Gasteiger partial charge in [0, 0.05) is 25.3 Å². The van der Waals surface area contributed by atoms with Crippen molar-refractivity contribution in [3.05, 3.63) is 12.3 Å². The zero-order valence-electron chi connectivity index (χ0n) is 8.15. The minimum absolute atomic E-state index is 0.625. The van der Waals surface area contributed by atoms with E-state index in [-0.39, 0.29) is 0 Å². The van der Waals surface area contributed by atoms with Crippen molar-refractivity contribution < 1.29 is 0 Å². The summed E-state index contributed by atoms with van der Waals surface area (Å²) < 4.78 is 0. The van der Waals surface area contributed by atoms with Gasteiger partial charge in [0.25, 0.3) is 0 Å². The van der Waals surface area contributed by atoms with Crippen LogP contribution >= 0.6 is 0 Å². The third-order valence-electron chi connectivity index (χ3n) is 2.00. The topological polar surface area (TPSA) is 15.3 Å². The van der Waals surface area contributed by atoms with Crippen molar-refractivity contribution in [3.63, 3.8) is 0 Å². The monoisotopic (exact) mass is 156 g/mol. The van der Waals surface area contributed by atoms with Crippen LogP contribution in [0.4, 0.5) is 0 Å². The molecule has 0 fully saturated rings. The Morgan fingerprint density at radius 2 is 2.09 bits per heavy atom. The summed E-state index contributed by atoms with van der Waals surface area (Å²) in [6, 6.07) is 0.625. The molecule has 0 saturated carbocycles. The van der Waals surface area contributed by atoms with Crippen LogP contribution in [0.25, 0.3) is 0 Å². The van der Waals surface area contributed by atoms with Gasteiger partial charge in [-0.05, 0) is 27.3 Å². The molecule has 0 atom stereocenters. The SMILES string of the molecule is C=C(CCN(C)C(C)C)NC. The molecule has 0 aliphatic rings. The van der Waals surface area contributed by atoms with Gasteiger partial charge < -0.3 is 10.2 Å². The first-order valence-corrected chi connectivity index (χ1v) is 4.13. The molecular weight excluding hydrogens is 136 g/mol. The van der Waals surface area contributed by atoms with E-state index in [1.807, 2.05) is 7.05 Å². The second-order valence-corrected chi connectivity index (χ2v) is 3.18. The van der Waals surface area contributed by atoms with Crippen LogP contribution in [0.2, 0.25) is 0 Å². The van der Waals surface area contributed by atoms with Crippen molar-refractivity contribution >= 4 is 0 Å². The summed E-state index contributed by atoms with van der Waals surface area (Å²) in [5.41, 5.74) is 1.11. The highest BCUT2D eigenvalue weighted by atomic mass is 15.1. The van der Waals surface area contributed by atoms with E-state index in [0.29, 0.717) is 6.04 Å². The molecule has 0 spiro atoms. The van der Waals surface area contributed by atoms with Crippen molar-refractivity contribution in [2.45, 2.75) is 26.3 Å². The normalized spacial score (nSPS) is 10.7. The summed E-state index contributed by atoms with van der Waals surface area (Å²) in [7, 11) is 4.05. The van der Waals surface area contributed by atoms with E-state index in [2.05, 4.69) is 37.7 Å². The van der Waals surface area contributed by atoms with Crippen molar-refractivity contribution in [3.8, 4) is 0 Å². The summed E-state index contributed by atoms with van der Waals surface area (Å²) in [6.07, 6.45) is 1.03. The zero-order chi connectivity index (χ0) is 8.85. The minimum Gasteiger partial charge on any atom is -0.392 e. The van der Waals surface area contributed by atoms with Crippen LogP contribution in [0.5, 0.6) is 0 Å². The molecular formula is C9H20N2. The molecule has 2 nitrogen and oxygen atoms in total. The van der Waals surface area contributed by atoms with Crippen LogP contribution < -0.4 is 5.32 Å². The maximum atomic E-state index is 3.87. The summed E-state index contributed by atoms with van der Waals surface area (Å²) in [4.78, 5) is 2.31. The average molecular weight is 156 g/mol. The first-order valence-electron chi connectivity index (χ1n) is 4.13. The highest BCUT2D eigenvalue weighted by Gasteiger charge is 2.01. The quantitative estimate of drug-likeness (QED) is 0.648. The molecule has 0 aromatic heterocycles. The maximum Gasteiger partial charge on any atom is 0.00438 e.